The van der Waals surface area contributed by atoms with Gasteiger partial charge in [0.05, 0.1) is 5.69 Å². The first-order chi connectivity index (χ1) is 11.2. The standard InChI is InChI=1S/C21H20N2/c1-16-13-17(2)15-20(14-16)22-23-21(18-9-5-3-6-10-18)19-11-7-4-8-12-19/h3-15,21H,1-2H3. The highest BCUT2D eigenvalue weighted by atomic mass is 15.1. The minimum atomic E-state index is -0.0850. The molecular formula is C21H20N2. The van der Waals surface area contributed by atoms with Crippen LogP contribution in [0.15, 0.2) is 89.1 Å². The van der Waals surface area contributed by atoms with Gasteiger partial charge in [0, 0.05) is 0 Å². The summed E-state index contributed by atoms with van der Waals surface area (Å²) in [6.45, 7) is 4.16. The van der Waals surface area contributed by atoms with Gasteiger partial charge in [-0.1, -0.05) is 66.7 Å². The maximum Gasteiger partial charge on any atom is 0.121 e. The zero-order chi connectivity index (χ0) is 16.1. The molecule has 0 amide bonds. The molecule has 0 fully saturated rings. The quantitative estimate of drug-likeness (QED) is 0.514. The van der Waals surface area contributed by atoms with Gasteiger partial charge in [0.25, 0.3) is 0 Å². The van der Waals surface area contributed by atoms with E-state index < -0.39 is 0 Å². The van der Waals surface area contributed by atoms with Crippen LogP contribution in [-0.4, -0.2) is 0 Å². The predicted molar refractivity (Wildman–Crippen MR) is 95.2 cm³/mol. The van der Waals surface area contributed by atoms with Gasteiger partial charge in [-0.25, -0.2) is 0 Å². The number of rotatable bonds is 4. The topological polar surface area (TPSA) is 24.7 Å². The van der Waals surface area contributed by atoms with Gasteiger partial charge in [0.2, 0.25) is 0 Å². The zero-order valence-corrected chi connectivity index (χ0v) is 13.5. The van der Waals surface area contributed by atoms with Crippen LogP contribution in [0.4, 0.5) is 5.69 Å². The molecule has 0 spiro atoms. The molecule has 0 aliphatic carbocycles. The first-order valence-electron chi connectivity index (χ1n) is 7.81. The summed E-state index contributed by atoms with van der Waals surface area (Å²) in [5, 5.41) is 9.15. The second kappa shape index (κ2) is 7.01. The Morgan fingerprint density at radius 3 is 1.61 bits per heavy atom. The lowest BCUT2D eigenvalue weighted by molar-refractivity contribution is 0.809. The first-order valence-corrected chi connectivity index (χ1v) is 7.81. The SMILES string of the molecule is Cc1cc(C)cc(N=NC(c2ccccc2)c2ccccc2)c1. The van der Waals surface area contributed by atoms with Crippen molar-refractivity contribution >= 4 is 5.69 Å². The van der Waals surface area contributed by atoms with E-state index in [1.165, 1.54) is 11.1 Å². The van der Waals surface area contributed by atoms with Crippen molar-refractivity contribution in [3.05, 3.63) is 101 Å². The third-order valence-corrected chi connectivity index (χ3v) is 3.73. The van der Waals surface area contributed by atoms with Crippen molar-refractivity contribution in [1.29, 1.82) is 0 Å². The molecule has 0 heterocycles. The van der Waals surface area contributed by atoms with Gasteiger partial charge in [0.1, 0.15) is 6.04 Å². The highest BCUT2D eigenvalue weighted by Crippen LogP contribution is 2.28. The molecule has 0 N–H and O–H groups in total. The number of hydrogen-bond donors (Lipinski definition) is 0. The second-order valence-corrected chi connectivity index (χ2v) is 5.79. The van der Waals surface area contributed by atoms with Crippen molar-refractivity contribution in [2.75, 3.05) is 0 Å². The van der Waals surface area contributed by atoms with Crippen LogP contribution in [-0.2, 0) is 0 Å². The third-order valence-electron chi connectivity index (χ3n) is 3.73. The molecule has 3 aromatic carbocycles. The van der Waals surface area contributed by atoms with Crippen molar-refractivity contribution < 1.29 is 0 Å². The maximum atomic E-state index is 4.64. The summed E-state index contributed by atoms with van der Waals surface area (Å²) in [6.07, 6.45) is 0. The van der Waals surface area contributed by atoms with Crippen LogP contribution in [0.2, 0.25) is 0 Å². The molecule has 0 atom stereocenters. The van der Waals surface area contributed by atoms with E-state index in [4.69, 9.17) is 0 Å². The average molecular weight is 300 g/mol. The van der Waals surface area contributed by atoms with E-state index in [-0.39, 0.29) is 6.04 Å². The van der Waals surface area contributed by atoms with Crippen molar-refractivity contribution in [1.82, 2.24) is 0 Å². The minimum absolute atomic E-state index is 0.0850. The Kier molecular flexibility index (Phi) is 4.62. The van der Waals surface area contributed by atoms with Crippen LogP contribution in [0.25, 0.3) is 0 Å². The Balaban J connectivity index is 1.97. The minimum Gasteiger partial charge on any atom is -0.176 e. The molecule has 0 saturated heterocycles. The second-order valence-electron chi connectivity index (χ2n) is 5.79. The zero-order valence-electron chi connectivity index (χ0n) is 13.5. The van der Waals surface area contributed by atoms with E-state index in [2.05, 4.69) is 66.5 Å². The van der Waals surface area contributed by atoms with Crippen LogP contribution < -0.4 is 0 Å². The van der Waals surface area contributed by atoms with E-state index >= 15 is 0 Å². The molecule has 3 rings (SSSR count). The maximum absolute atomic E-state index is 4.64. The van der Waals surface area contributed by atoms with Crippen molar-refractivity contribution in [2.24, 2.45) is 10.2 Å². The Labute approximate surface area is 137 Å². The van der Waals surface area contributed by atoms with Gasteiger partial charge in [-0.3, -0.25) is 0 Å². The lowest BCUT2D eigenvalue weighted by atomic mass is 10.00. The number of aryl methyl sites for hydroxylation is 2. The lowest BCUT2D eigenvalue weighted by Crippen LogP contribution is -1.96. The van der Waals surface area contributed by atoms with Crippen LogP contribution in [0.5, 0.6) is 0 Å². The molecule has 0 aliphatic heterocycles. The summed E-state index contributed by atoms with van der Waals surface area (Å²) < 4.78 is 0. The van der Waals surface area contributed by atoms with Crippen LogP contribution in [0.1, 0.15) is 28.3 Å². The molecule has 2 nitrogen and oxygen atoms in total. The smallest absolute Gasteiger partial charge is 0.121 e. The van der Waals surface area contributed by atoms with E-state index in [1.54, 1.807) is 0 Å². The molecule has 0 unspecified atom stereocenters. The highest BCUT2D eigenvalue weighted by Gasteiger charge is 2.12. The largest absolute Gasteiger partial charge is 0.176 e. The Morgan fingerprint density at radius 1 is 0.652 bits per heavy atom. The highest BCUT2D eigenvalue weighted by molar-refractivity contribution is 5.43. The van der Waals surface area contributed by atoms with Crippen molar-refractivity contribution in [2.45, 2.75) is 19.9 Å². The molecule has 0 saturated carbocycles. The number of nitrogens with zero attached hydrogens (tertiary/aromatic N) is 2. The van der Waals surface area contributed by atoms with E-state index in [1.807, 2.05) is 36.4 Å². The summed E-state index contributed by atoms with van der Waals surface area (Å²) in [4.78, 5) is 0. The first kappa shape index (κ1) is 15.2. The number of benzene rings is 3. The van der Waals surface area contributed by atoms with Crippen LogP contribution in [0, 0.1) is 13.8 Å². The molecule has 114 valence electrons. The van der Waals surface area contributed by atoms with Gasteiger partial charge in [0.15, 0.2) is 0 Å². The number of azo groups is 1. The molecule has 0 aromatic heterocycles. The monoisotopic (exact) mass is 300 g/mol. The van der Waals surface area contributed by atoms with E-state index in [9.17, 15) is 0 Å². The average Bonchev–Trinajstić information content (AvgIpc) is 2.56. The fraction of sp³-hybridized carbons (Fsp3) is 0.143. The van der Waals surface area contributed by atoms with Gasteiger partial charge in [-0.15, -0.1) is 0 Å². The number of hydrogen-bond acceptors (Lipinski definition) is 2. The summed E-state index contributed by atoms with van der Waals surface area (Å²) in [5.41, 5.74) is 5.60. The molecule has 0 bridgehead atoms. The third kappa shape index (κ3) is 3.92. The molecule has 23 heavy (non-hydrogen) atoms. The normalized spacial score (nSPS) is 11.3. The van der Waals surface area contributed by atoms with Gasteiger partial charge < -0.3 is 0 Å². The van der Waals surface area contributed by atoms with Crippen molar-refractivity contribution in [3.8, 4) is 0 Å². The van der Waals surface area contributed by atoms with Gasteiger partial charge in [-0.2, -0.15) is 10.2 Å². The lowest BCUT2D eigenvalue weighted by Gasteiger charge is -2.12. The van der Waals surface area contributed by atoms with Crippen molar-refractivity contribution in [3.63, 3.8) is 0 Å². The molecule has 2 heteroatoms. The fourth-order valence-electron chi connectivity index (χ4n) is 2.73. The molecular weight excluding hydrogens is 280 g/mol. The molecule has 0 radical (unpaired) electrons. The van der Waals surface area contributed by atoms with Gasteiger partial charge >= 0.3 is 0 Å². The van der Waals surface area contributed by atoms with Crippen LogP contribution in [0.3, 0.4) is 0 Å². The summed E-state index contributed by atoms with van der Waals surface area (Å²) >= 11 is 0. The fourth-order valence-corrected chi connectivity index (χ4v) is 2.73. The Hall–Kier alpha value is -2.74. The van der Waals surface area contributed by atoms with Crippen LogP contribution >= 0.6 is 0 Å². The summed E-state index contributed by atoms with van der Waals surface area (Å²) in [6, 6.07) is 26.8. The summed E-state index contributed by atoms with van der Waals surface area (Å²) in [5.74, 6) is 0. The predicted octanol–water partition coefficient (Wildman–Crippen LogP) is 6.18. The molecule has 3 aromatic rings. The Bertz CT molecular complexity index is 733. The van der Waals surface area contributed by atoms with E-state index in [0.717, 1.165) is 16.8 Å². The Morgan fingerprint density at radius 2 is 1.13 bits per heavy atom. The van der Waals surface area contributed by atoms with E-state index in [0.29, 0.717) is 0 Å². The van der Waals surface area contributed by atoms with Gasteiger partial charge in [-0.05, 0) is 48.2 Å². The molecule has 0 aliphatic rings. The summed E-state index contributed by atoms with van der Waals surface area (Å²) in [7, 11) is 0.